The van der Waals surface area contributed by atoms with Gasteiger partial charge >= 0.3 is 0 Å². The molecule has 0 aliphatic rings. The summed E-state index contributed by atoms with van der Waals surface area (Å²) in [7, 11) is -3.95. The highest BCUT2D eigenvalue weighted by Crippen LogP contribution is 2.28. The van der Waals surface area contributed by atoms with Gasteiger partial charge in [0.15, 0.2) is 5.37 Å². The molecule has 0 fully saturated rings. The smallest absolute Gasteiger partial charge is 0.258 e. The lowest BCUT2D eigenvalue weighted by Gasteiger charge is -2.22. The molecule has 1 unspecified atom stereocenters. The van der Waals surface area contributed by atoms with Gasteiger partial charge in [0, 0.05) is 16.9 Å². The van der Waals surface area contributed by atoms with Crippen LogP contribution >= 0.6 is 0 Å². The van der Waals surface area contributed by atoms with E-state index in [0.717, 1.165) is 0 Å². The van der Waals surface area contributed by atoms with Crippen molar-refractivity contribution in [3.63, 3.8) is 0 Å². The Bertz CT molecular complexity index is 932. The number of hydrogen-bond donors (Lipinski definition) is 2. The molecule has 0 heterocycles. The molecule has 0 aliphatic heterocycles. The number of hydrogen-bond acceptors (Lipinski definition) is 3. The number of para-hydroxylation sites is 2. The Kier molecular flexibility index (Phi) is 5.00. The van der Waals surface area contributed by atoms with E-state index in [-0.39, 0.29) is 5.56 Å². The molecule has 1 atom stereocenters. The third-order valence-corrected chi connectivity index (χ3v) is 5.12. The lowest BCUT2D eigenvalue weighted by Crippen LogP contribution is -2.28. The second-order valence-electron chi connectivity index (χ2n) is 5.43. The summed E-state index contributed by atoms with van der Waals surface area (Å²) in [6.07, 6.45) is 0. The van der Waals surface area contributed by atoms with Crippen molar-refractivity contribution in [1.82, 2.24) is 0 Å². The normalized spacial score (nSPS) is 12.4. The topological polar surface area (TPSA) is 58.2 Å². The van der Waals surface area contributed by atoms with E-state index in [4.69, 9.17) is 0 Å². The zero-order valence-electron chi connectivity index (χ0n) is 13.3. The van der Waals surface area contributed by atoms with Crippen LogP contribution in [0.5, 0.6) is 0 Å². The Morgan fingerprint density at radius 1 is 0.720 bits per heavy atom. The number of rotatable bonds is 6. The van der Waals surface area contributed by atoms with E-state index < -0.39 is 21.2 Å². The predicted molar refractivity (Wildman–Crippen MR) is 98.2 cm³/mol. The zero-order chi connectivity index (χ0) is 17.7. The molecule has 0 aromatic heterocycles. The van der Waals surface area contributed by atoms with Crippen LogP contribution in [0.4, 0.5) is 15.8 Å². The van der Waals surface area contributed by atoms with Crippen molar-refractivity contribution in [3.8, 4) is 0 Å². The average molecular weight is 356 g/mol. The maximum Gasteiger partial charge on any atom is 0.258 e. The fourth-order valence-corrected chi connectivity index (χ4v) is 3.82. The first-order valence-corrected chi connectivity index (χ1v) is 9.23. The second kappa shape index (κ2) is 7.36. The van der Waals surface area contributed by atoms with Crippen molar-refractivity contribution in [2.75, 3.05) is 10.0 Å². The summed E-state index contributed by atoms with van der Waals surface area (Å²) in [6, 6.07) is 23.2. The fourth-order valence-electron chi connectivity index (χ4n) is 2.43. The van der Waals surface area contributed by atoms with Gasteiger partial charge in [-0.1, -0.05) is 54.6 Å². The predicted octanol–water partition coefficient (Wildman–Crippen LogP) is 4.38. The summed E-state index contributed by atoms with van der Waals surface area (Å²) < 4.78 is 42.6. The Balaban J connectivity index is 1.99. The summed E-state index contributed by atoms with van der Waals surface area (Å²) in [5.74, 6) is -0.589. The van der Waals surface area contributed by atoms with E-state index >= 15 is 0 Å². The van der Waals surface area contributed by atoms with Crippen molar-refractivity contribution in [2.45, 2.75) is 5.37 Å². The van der Waals surface area contributed by atoms with Gasteiger partial charge in [-0.3, -0.25) is 4.72 Å². The molecule has 0 bridgehead atoms. The first-order valence-electron chi connectivity index (χ1n) is 7.69. The molecular weight excluding hydrogens is 339 g/mol. The minimum atomic E-state index is -3.95. The van der Waals surface area contributed by atoms with Crippen LogP contribution in [-0.4, -0.2) is 8.42 Å². The minimum Gasteiger partial charge on any atom is -0.364 e. The molecule has 128 valence electrons. The fraction of sp³-hybridized carbons (Fsp3) is 0.0526. The van der Waals surface area contributed by atoms with Crippen molar-refractivity contribution in [1.29, 1.82) is 0 Å². The number of halogens is 1. The number of benzene rings is 3. The van der Waals surface area contributed by atoms with Gasteiger partial charge in [0.2, 0.25) is 0 Å². The maximum atomic E-state index is 14.3. The first kappa shape index (κ1) is 17.0. The van der Waals surface area contributed by atoms with Crippen LogP contribution in [0.15, 0.2) is 84.9 Å². The molecule has 4 nitrogen and oxygen atoms in total. The van der Waals surface area contributed by atoms with Gasteiger partial charge in [-0.05, 0) is 30.3 Å². The Morgan fingerprint density at radius 2 is 1.24 bits per heavy atom. The molecule has 0 saturated carbocycles. The highest BCUT2D eigenvalue weighted by molar-refractivity contribution is 7.93. The molecule has 2 N–H and O–H groups in total. The van der Waals surface area contributed by atoms with E-state index in [1.54, 1.807) is 60.7 Å². The Morgan fingerprint density at radius 3 is 1.84 bits per heavy atom. The van der Waals surface area contributed by atoms with Crippen molar-refractivity contribution >= 4 is 21.4 Å². The number of sulfonamides is 1. The minimum absolute atomic E-state index is 0.0507. The summed E-state index contributed by atoms with van der Waals surface area (Å²) in [5, 5.41) is 1.62. The van der Waals surface area contributed by atoms with E-state index in [9.17, 15) is 12.8 Å². The molecule has 0 aliphatic carbocycles. The van der Waals surface area contributed by atoms with Crippen LogP contribution in [0.2, 0.25) is 0 Å². The molecule has 0 amide bonds. The largest absolute Gasteiger partial charge is 0.364 e. The summed E-state index contributed by atoms with van der Waals surface area (Å²) in [5.41, 5.74) is 1.04. The monoisotopic (exact) mass is 356 g/mol. The Hall–Kier alpha value is -2.86. The second-order valence-corrected chi connectivity index (χ2v) is 7.19. The van der Waals surface area contributed by atoms with Crippen LogP contribution in [-0.2, 0) is 10.0 Å². The average Bonchev–Trinajstić information content (AvgIpc) is 2.62. The van der Waals surface area contributed by atoms with Crippen LogP contribution in [0.25, 0.3) is 0 Å². The zero-order valence-corrected chi connectivity index (χ0v) is 14.1. The molecular formula is C19H17FN2O2S. The first-order chi connectivity index (χ1) is 12.1. The lowest BCUT2D eigenvalue weighted by molar-refractivity contribution is 0.579. The quantitative estimate of drug-likeness (QED) is 0.689. The van der Waals surface area contributed by atoms with Gasteiger partial charge in [0.1, 0.15) is 5.82 Å². The third-order valence-electron chi connectivity index (χ3n) is 3.60. The highest BCUT2D eigenvalue weighted by Gasteiger charge is 2.29. The SMILES string of the molecule is O=S(=O)(Nc1ccccc1)C(Nc1ccccc1)c1ccccc1F. The van der Waals surface area contributed by atoms with Crippen LogP contribution in [0.1, 0.15) is 10.9 Å². The van der Waals surface area contributed by atoms with Crippen LogP contribution < -0.4 is 10.0 Å². The lowest BCUT2D eigenvalue weighted by atomic mass is 10.2. The standard InChI is InChI=1S/C19H17FN2O2S/c20-18-14-8-7-13-17(18)19(21-15-9-3-1-4-10-15)25(23,24)22-16-11-5-2-6-12-16/h1-14,19,21-22H. The molecule has 0 spiro atoms. The van der Waals surface area contributed by atoms with E-state index in [1.807, 2.05) is 6.07 Å². The highest BCUT2D eigenvalue weighted by atomic mass is 32.2. The van der Waals surface area contributed by atoms with Gasteiger partial charge in [-0.25, -0.2) is 12.8 Å². The Labute approximate surface area is 146 Å². The summed E-state index contributed by atoms with van der Waals surface area (Å²) >= 11 is 0. The van der Waals surface area contributed by atoms with E-state index in [2.05, 4.69) is 10.0 Å². The van der Waals surface area contributed by atoms with Crippen LogP contribution in [0.3, 0.4) is 0 Å². The third kappa shape index (κ3) is 4.16. The summed E-state index contributed by atoms with van der Waals surface area (Å²) in [6.45, 7) is 0. The number of anilines is 2. The van der Waals surface area contributed by atoms with Crippen LogP contribution in [0, 0.1) is 5.82 Å². The molecule has 25 heavy (non-hydrogen) atoms. The van der Waals surface area contributed by atoms with Gasteiger partial charge in [-0.15, -0.1) is 0 Å². The summed E-state index contributed by atoms with van der Waals surface area (Å²) in [4.78, 5) is 0. The number of nitrogens with one attached hydrogen (secondary N) is 2. The van der Waals surface area contributed by atoms with Crippen molar-refractivity contribution in [3.05, 3.63) is 96.3 Å². The van der Waals surface area contributed by atoms with E-state index in [0.29, 0.717) is 11.4 Å². The van der Waals surface area contributed by atoms with E-state index in [1.165, 1.54) is 18.2 Å². The molecule has 6 heteroatoms. The van der Waals surface area contributed by atoms with Gasteiger partial charge in [0.25, 0.3) is 10.0 Å². The molecule has 0 saturated heterocycles. The molecule has 0 radical (unpaired) electrons. The van der Waals surface area contributed by atoms with Gasteiger partial charge < -0.3 is 5.32 Å². The van der Waals surface area contributed by atoms with Gasteiger partial charge in [0.05, 0.1) is 0 Å². The maximum absolute atomic E-state index is 14.3. The molecule has 3 aromatic carbocycles. The van der Waals surface area contributed by atoms with Gasteiger partial charge in [-0.2, -0.15) is 0 Å². The van der Waals surface area contributed by atoms with Crippen molar-refractivity contribution < 1.29 is 12.8 Å². The molecule has 3 rings (SSSR count). The molecule has 3 aromatic rings. The van der Waals surface area contributed by atoms with Crippen molar-refractivity contribution in [2.24, 2.45) is 0 Å².